The Morgan fingerprint density at radius 2 is 2.16 bits per heavy atom. The Morgan fingerprint density at radius 1 is 1.42 bits per heavy atom. The van der Waals surface area contributed by atoms with Gasteiger partial charge < -0.3 is 9.47 Å². The van der Waals surface area contributed by atoms with Gasteiger partial charge in [0.15, 0.2) is 6.79 Å². The highest BCUT2D eigenvalue weighted by Crippen LogP contribution is 2.22. The van der Waals surface area contributed by atoms with E-state index in [9.17, 15) is 10.1 Å². The van der Waals surface area contributed by atoms with Crippen LogP contribution in [0.25, 0.3) is 5.70 Å². The van der Waals surface area contributed by atoms with E-state index in [1.54, 1.807) is 24.3 Å². The van der Waals surface area contributed by atoms with E-state index in [-0.39, 0.29) is 18.6 Å². The van der Waals surface area contributed by atoms with Crippen LogP contribution in [0.15, 0.2) is 30.8 Å². The van der Waals surface area contributed by atoms with Crippen molar-refractivity contribution in [2.75, 3.05) is 6.79 Å². The van der Waals surface area contributed by atoms with E-state index in [4.69, 9.17) is 9.47 Å². The molecule has 0 heterocycles. The predicted molar refractivity (Wildman–Crippen MR) is 71.3 cm³/mol. The topological polar surface area (TPSA) is 61.6 Å². The molecule has 102 valence electrons. The average molecular weight is 263 g/mol. The van der Waals surface area contributed by atoms with Crippen molar-refractivity contribution in [3.8, 4) is 5.75 Å². The summed E-state index contributed by atoms with van der Waals surface area (Å²) in [7, 11) is 0. The molecule has 0 saturated heterocycles. The standard InChI is InChI=1S/C14H17NO4/c1-11(15(16)17)12-5-4-8-14(9-12)19-10-18-13-6-2-3-7-13/h4-5,8-9,13H,1-3,6-7,10H2. The molecule has 1 aromatic rings. The van der Waals surface area contributed by atoms with Crippen molar-refractivity contribution < 1.29 is 14.4 Å². The van der Waals surface area contributed by atoms with Crippen LogP contribution in [-0.4, -0.2) is 17.8 Å². The lowest BCUT2D eigenvalue weighted by atomic mass is 10.2. The van der Waals surface area contributed by atoms with Crippen LogP contribution in [0.4, 0.5) is 0 Å². The predicted octanol–water partition coefficient (Wildman–Crippen LogP) is 3.23. The molecule has 0 bridgehead atoms. The van der Waals surface area contributed by atoms with Crippen molar-refractivity contribution in [1.29, 1.82) is 0 Å². The summed E-state index contributed by atoms with van der Waals surface area (Å²) in [4.78, 5) is 10.1. The van der Waals surface area contributed by atoms with E-state index in [2.05, 4.69) is 6.58 Å². The molecule has 0 spiro atoms. The lowest BCUT2D eigenvalue weighted by Crippen LogP contribution is -2.12. The molecular formula is C14H17NO4. The van der Waals surface area contributed by atoms with E-state index in [0.717, 1.165) is 12.8 Å². The van der Waals surface area contributed by atoms with Crippen LogP contribution in [0.3, 0.4) is 0 Å². The van der Waals surface area contributed by atoms with E-state index in [1.807, 2.05) is 0 Å². The first-order chi connectivity index (χ1) is 9.16. The Kier molecular flexibility index (Phi) is 4.52. The van der Waals surface area contributed by atoms with Crippen molar-refractivity contribution in [2.24, 2.45) is 0 Å². The normalized spacial score (nSPS) is 15.4. The van der Waals surface area contributed by atoms with Gasteiger partial charge >= 0.3 is 0 Å². The Morgan fingerprint density at radius 3 is 2.84 bits per heavy atom. The van der Waals surface area contributed by atoms with Gasteiger partial charge in [-0.15, -0.1) is 0 Å². The summed E-state index contributed by atoms with van der Waals surface area (Å²) in [5.41, 5.74) is 0.311. The Labute approximate surface area is 112 Å². The first-order valence-electron chi connectivity index (χ1n) is 6.35. The minimum Gasteiger partial charge on any atom is -0.468 e. The largest absolute Gasteiger partial charge is 0.468 e. The van der Waals surface area contributed by atoms with Crippen LogP contribution in [-0.2, 0) is 4.74 Å². The minimum atomic E-state index is -0.506. The summed E-state index contributed by atoms with van der Waals surface area (Å²) in [6.45, 7) is 3.60. The molecule has 1 aliphatic carbocycles. The van der Waals surface area contributed by atoms with Gasteiger partial charge in [0.05, 0.1) is 16.6 Å². The lowest BCUT2D eigenvalue weighted by Gasteiger charge is -2.12. The second-order valence-corrected chi connectivity index (χ2v) is 4.57. The summed E-state index contributed by atoms with van der Waals surface area (Å²) in [6, 6.07) is 6.68. The molecule has 1 saturated carbocycles. The molecule has 19 heavy (non-hydrogen) atoms. The molecule has 1 fully saturated rings. The Balaban J connectivity index is 1.87. The molecular weight excluding hydrogens is 246 g/mol. The molecule has 2 rings (SSSR count). The SMILES string of the molecule is C=C(c1cccc(OCOC2CCCC2)c1)[N+](=O)[O-]. The molecule has 1 aromatic carbocycles. The summed E-state index contributed by atoms with van der Waals surface area (Å²) in [5, 5.41) is 10.6. The Hall–Kier alpha value is -1.88. The minimum absolute atomic E-state index is 0.137. The number of nitrogens with zero attached hydrogens (tertiary/aromatic N) is 1. The summed E-state index contributed by atoms with van der Waals surface area (Å²) in [5.74, 6) is 0.554. The van der Waals surface area contributed by atoms with E-state index >= 15 is 0 Å². The van der Waals surface area contributed by atoms with Gasteiger partial charge in [0, 0.05) is 0 Å². The van der Waals surface area contributed by atoms with Crippen molar-refractivity contribution >= 4 is 5.70 Å². The molecule has 0 unspecified atom stereocenters. The molecule has 0 radical (unpaired) electrons. The molecule has 0 amide bonds. The lowest BCUT2D eigenvalue weighted by molar-refractivity contribution is -0.375. The zero-order chi connectivity index (χ0) is 13.7. The second kappa shape index (κ2) is 6.33. The second-order valence-electron chi connectivity index (χ2n) is 4.57. The third-order valence-corrected chi connectivity index (χ3v) is 3.22. The fraction of sp³-hybridized carbons (Fsp3) is 0.429. The molecule has 0 aliphatic heterocycles. The molecule has 0 aromatic heterocycles. The fourth-order valence-corrected chi connectivity index (χ4v) is 2.12. The summed E-state index contributed by atoms with van der Waals surface area (Å²) >= 11 is 0. The van der Waals surface area contributed by atoms with Gasteiger partial charge in [-0.2, -0.15) is 0 Å². The highest BCUT2D eigenvalue weighted by atomic mass is 16.7. The van der Waals surface area contributed by atoms with Crippen molar-refractivity contribution in [3.63, 3.8) is 0 Å². The smallest absolute Gasteiger partial charge is 0.269 e. The third kappa shape index (κ3) is 3.79. The van der Waals surface area contributed by atoms with Gasteiger partial charge in [-0.05, 0) is 37.6 Å². The maximum absolute atomic E-state index is 10.6. The molecule has 0 N–H and O–H groups in total. The van der Waals surface area contributed by atoms with Gasteiger partial charge in [-0.3, -0.25) is 10.1 Å². The Bertz CT molecular complexity index is 466. The van der Waals surface area contributed by atoms with E-state index < -0.39 is 4.92 Å². The maximum Gasteiger partial charge on any atom is 0.269 e. The maximum atomic E-state index is 10.6. The first-order valence-corrected chi connectivity index (χ1v) is 6.35. The fourth-order valence-electron chi connectivity index (χ4n) is 2.12. The van der Waals surface area contributed by atoms with Crippen molar-refractivity contribution in [1.82, 2.24) is 0 Å². The number of hydrogen-bond acceptors (Lipinski definition) is 4. The van der Waals surface area contributed by atoms with Crippen LogP contribution in [0.1, 0.15) is 31.2 Å². The van der Waals surface area contributed by atoms with Gasteiger partial charge in [0.25, 0.3) is 5.70 Å². The van der Waals surface area contributed by atoms with Gasteiger partial charge in [0.2, 0.25) is 0 Å². The zero-order valence-electron chi connectivity index (χ0n) is 10.7. The van der Waals surface area contributed by atoms with Crippen LogP contribution in [0.2, 0.25) is 0 Å². The van der Waals surface area contributed by atoms with Gasteiger partial charge in [0.1, 0.15) is 5.75 Å². The first kappa shape index (κ1) is 13.5. The van der Waals surface area contributed by atoms with Crippen molar-refractivity contribution in [3.05, 3.63) is 46.5 Å². The number of nitro groups is 1. The molecule has 5 heteroatoms. The molecule has 5 nitrogen and oxygen atoms in total. The number of hydrogen-bond donors (Lipinski definition) is 0. The summed E-state index contributed by atoms with van der Waals surface area (Å²) < 4.78 is 11.0. The number of benzene rings is 1. The van der Waals surface area contributed by atoms with Crippen molar-refractivity contribution in [2.45, 2.75) is 31.8 Å². The van der Waals surface area contributed by atoms with Crippen LogP contribution in [0, 0.1) is 10.1 Å². The van der Waals surface area contributed by atoms with Gasteiger partial charge in [-0.25, -0.2) is 0 Å². The third-order valence-electron chi connectivity index (χ3n) is 3.22. The van der Waals surface area contributed by atoms with Crippen LogP contribution < -0.4 is 4.74 Å². The van der Waals surface area contributed by atoms with Crippen LogP contribution >= 0.6 is 0 Å². The van der Waals surface area contributed by atoms with E-state index in [0.29, 0.717) is 11.3 Å². The zero-order valence-corrected chi connectivity index (χ0v) is 10.7. The highest BCUT2D eigenvalue weighted by Gasteiger charge is 2.15. The number of rotatable bonds is 6. The molecule has 1 aliphatic rings. The van der Waals surface area contributed by atoms with Gasteiger partial charge in [-0.1, -0.05) is 18.9 Å². The quantitative estimate of drug-likeness (QED) is 0.449. The van der Waals surface area contributed by atoms with E-state index in [1.165, 1.54) is 12.8 Å². The highest BCUT2D eigenvalue weighted by molar-refractivity contribution is 5.57. The van der Waals surface area contributed by atoms with Crippen LogP contribution in [0.5, 0.6) is 5.75 Å². The monoisotopic (exact) mass is 263 g/mol. The molecule has 0 atom stereocenters. The number of ether oxygens (including phenoxy) is 2. The average Bonchev–Trinajstić information content (AvgIpc) is 2.91. The summed E-state index contributed by atoms with van der Waals surface area (Å²) in [6.07, 6.45) is 4.88.